The molecule has 1 aromatic carbocycles. The van der Waals surface area contributed by atoms with Crippen LogP contribution >= 0.6 is 0 Å². The summed E-state index contributed by atoms with van der Waals surface area (Å²) in [7, 11) is 0. The summed E-state index contributed by atoms with van der Waals surface area (Å²) in [6.45, 7) is 8.78. The number of nitrogens with one attached hydrogen (secondary N) is 1. The van der Waals surface area contributed by atoms with Gasteiger partial charge in [0.25, 0.3) is 5.56 Å². The lowest BCUT2D eigenvalue weighted by Gasteiger charge is -2.32. The molecule has 1 atom stereocenters. The van der Waals surface area contributed by atoms with Crippen LogP contribution in [0.3, 0.4) is 0 Å². The lowest BCUT2D eigenvalue weighted by molar-refractivity contribution is 0.270. The van der Waals surface area contributed by atoms with Crippen LogP contribution in [0.5, 0.6) is 0 Å². The molecule has 0 radical (unpaired) electrons. The van der Waals surface area contributed by atoms with E-state index in [-0.39, 0.29) is 22.8 Å². The van der Waals surface area contributed by atoms with Gasteiger partial charge >= 0.3 is 0 Å². The number of hydrogen-bond acceptors (Lipinski definition) is 3. The van der Waals surface area contributed by atoms with Crippen LogP contribution in [0.1, 0.15) is 43.6 Å². The van der Waals surface area contributed by atoms with Crippen molar-refractivity contribution in [3.8, 4) is 0 Å². The van der Waals surface area contributed by atoms with Crippen LogP contribution in [0.15, 0.2) is 53.5 Å². The molecule has 0 saturated carbocycles. The Balaban J connectivity index is 1.90. The lowest BCUT2D eigenvalue weighted by Crippen LogP contribution is -2.32. The second-order valence-corrected chi connectivity index (χ2v) is 7.70. The number of rotatable bonds is 4. The van der Waals surface area contributed by atoms with Gasteiger partial charge in [-0.1, -0.05) is 39.0 Å². The van der Waals surface area contributed by atoms with Crippen molar-refractivity contribution >= 4 is 5.65 Å². The van der Waals surface area contributed by atoms with Crippen LogP contribution in [0.4, 0.5) is 4.39 Å². The van der Waals surface area contributed by atoms with E-state index >= 15 is 0 Å². The van der Waals surface area contributed by atoms with Crippen LogP contribution in [-0.4, -0.2) is 9.38 Å². The fraction of sp³-hybridized carbons (Fsp3) is 0.333. The Bertz CT molecular complexity index is 971. The summed E-state index contributed by atoms with van der Waals surface area (Å²) < 4.78 is 14.8. The van der Waals surface area contributed by atoms with E-state index < -0.39 is 0 Å². The van der Waals surface area contributed by atoms with E-state index in [1.807, 2.05) is 19.1 Å². The van der Waals surface area contributed by atoms with Gasteiger partial charge in [0, 0.05) is 24.8 Å². The number of pyridine rings is 1. The first-order valence-electron chi connectivity index (χ1n) is 8.72. The minimum Gasteiger partial charge on any atom is -0.304 e. The van der Waals surface area contributed by atoms with Crippen molar-refractivity contribution in [1.29, 1.82) is 0 Å². The molecule has 0 spiro atoms. The Kier molecular flexibility index (Phi) is 4.92. The number of nitrogens with zero attached hydrogens (tertiary/aromatic N) is 2. The highest BCUT2D eigenvalue weighted by Gasteiger charge is 2.26. The molecule has 1 N–H and O–H groups in total. The number of aryl methyl sites for hydroxylation is 1. The Morgan fingerprint density at radius 2 is 1.88 bits per heavy atom. The molecule has 0 aliphatic rings. The van der Waals surface area contributed by atoms with Crippen LogP contribution in [0.2, 0.25) is 0 Å². The van der Waals surface area contributed by atoms with Gasteiger partial charge in [-0.25, -0.2) is 9.37 Å². The highest BCUT2D eigenvalue weighted by atomic mass is 19.1. The second-order valence-electron chi connectivity index (χ2n) is 7.70. The zero-order valence-corrected chi connectivity index (χ0v) is 15.6. The Labute approximate surface area is 152 Å². The predicted octanol–water partition coefficient (Wildman–Crippen LogP) is 4.02. The molecule has 0 bridgehead atoms. The minimum atomic E-state index is -0.249. The van der Waals surface area contributed by atoms with Gasteiger partial charge in [0.2, 0.25) is 0 Å². The Morgan fingerprint density at radius 1 is 1.19 bits per heavy atom. The number of aromatic nitrogens is 2. The SMILES string of the molecule is Cc1cccn2c(=O)cc(CNC(c3ccc(F)cc3)C(C)(C)C)nc12. The largest absolute Gasteiger partial charge is 0.304 e. The third kappa shape index (κ3) is 3.83. The average Bonchev–Trinajstić information content (AvgIpc) is 2.56. The summed E-state index contributed by atoms with van der Waals surface area (Å²) in [4.78, 5) is 17.0. The van der Waals surface area contributed by atoms with Gasteiger partial charge < -0.3 is 5.32 Å². The fourth-order valence-electron chi connectivity index (χ4n) is 3.19. The molecule has 4 nitrogen and oxygen atoms in total. The molecular weight excluding hydrogens is 329 g/mol. The first-order chi connectivity index (χ1) is 12.3. The molecule has 0 aliphatic carbocycles. The maximum absolute atomic E-state index is 13.3. The quantitative estimate of drug-likeness (QED) is 0.771. The van der Waals surface area contributed by atoms with E-state index in [2.05, 4.69) is 31.1 Å². The maximum Gasteiger partial charge on any atom is 0.258 e. The molecule has 136 valence electrons. The average molecular weight is 353 g/mol. The number of benzene rings is 1. The van der Waals surface area contributed by atoms with Gasteiger partial charge in [-0.3, -0.25) is 9.20 Å². The van der Waals surface area contributed by atoms with Gasteiger partial charge in [-0.05, 0) is 41.7 Å². The molecule has 5 heteroatoms. The summed E-state index contributed by atoms with van der Waals surface area (Å²) in [5.41, 5.74) is 3.15. The smallest absolute Gasteiger partial charge is 0.258 e. The third-order valence-corrected chi connectivity index (χ3v) is 4.50. The summed E-state index contributed by atoms with van der Waals surface area (Å²) >= 11 is 0. The van der Waals surface area contributed by atoms with Crippen molar-refractivity contribution in [3.05, 3.63) is 81.7 Å². The van der Waals surface area contributed by atoms with E-state index in [1.54, 1.807) is 28.8 Å². The summed E-state index contributed by atoms with van der Waals surface area (Å²) in [5, 5.41) is 3.49. The van der Waals surface area contributed by atoms with Gasteiger partial charge in [-0.15, -0.1) is 0 Å². The minimum absolute atomic E-state index is 0.000206. The van der Waals surface area contributed by atoms with E-state index in [1.165, 1.54) is 12.1 Å². The van der Waals surface area contributed by atoms with Crippen molar-refractivity contribution in [2.45, 2.75) is 40.3 Å². The Morgan fingerprint density at radius 3 is 2.54 bits per heavy atom. The topological polar surface area (TPSA) is 46.4 Å². The van der Waals surface area contributed by atoms with Crippen molar-refractivity contribution in [2.75, 3.05) is 0 Å². The van der Waals surface area contributed by atoms with Crippen LogP contribution in [-0.2, 0) is 6.54 Å². The summed E-state index contributed by atoms with van der Waals surface area (Å²) in [5.74, 6) is -0.249. The zero-order chi connectivity index (χ0) is 18.9. The molecule has 1 unspecified atom stereocenters. The fourth-order valence-corrected chi connectivity index (χ4v) is 3.19. The van der Waals surface area contributed by atoms with Crippen LogP contribution in [0, 0.1) is 18.2 Å². The lowest BCUT2D eigenvalue weighted by atomic mass is 9.82. The van der Waals surface area contributed by atoms with E-state index in [4.69, 9.17) is 0 Å². The normalized spacial score (nSPS) is 13.1. The van der Waals surface area contributed by atoms with E-state index in [0.29, 0.717) is 17.9 Å². The van der Waals surface area contributed by atoms with Gasteiger partial charge in [0.15, 0.2) is 0 Å². The molecular formula is C21H24FN3O. The molecule has 2 heterocycles. The van der Waals surface area contributed by atoms with Crippen LogP contribution in [0.25, 0.3) is 5.65 Å². The number of halogens is 1. The van der Waals surface area contributed by atoms with Crippen molar-refractivity contribution in [2.24, 2.45) is 5.41 Å². The molecule has 0 aliphatic heterocycles. The van der Waals surface area contributed by atoms with E-state index in [0.717, 1.165) is 11.1 Å². The van der Waals surface area contributed by atoms with Gasteiger partial charge in [0.1, 0.15) is 11.5 Å². The van der Waals surface area contributed by atoms with Crippen molar-refractivity contribution < 1.29 is 4.39 Å². The van der Waals surface area contributed by atoms with Crippen LogP contribution < -0.4 is 10.9 Å². The first kappa shape index (κ1) is 18.3. The highest BCUT2D eigenvalue weighted by Crippen LogP contribution is 2.33. The summed E-state index contributed by atoms with van der Waals surface area (Å²) in [6, 6.07) is 11.9. The number of hydrogen-bond donors (Lipinski definition) is 1. The summed E-state index contributed by atoms with van der Waals surface area (Å²) in [6.07, 6.45) is 1.73. The Hall–Kier alpha value is -2.53. The zero-order valence-electron chi connectivity index (χ0n) is 15.6. The number of fused-ring (bicyclic) bond motifs is 1. The van der Waals surface area contributed by atoms with Gasteiger partial charge in [-0.2, -0.15) is 0 Å². The maximum atomic E-state index is 13.3. The van der Waals surface area contributed by atoms with E-state index in [9.17, 15) is 9.18 Å². The third-order valence-electron chi connectivity index (χ3n) is 4.50. The molecule has 0 amide bonds. The molecule has 2 aromatic heterocycles. The molecule has 26 heavy (non-hydrogen) atoms. The molecule has 0 fully saturated rings. The predicted molar refractivity (Wildman–Crippen MR) is 102 cm³/mol. The first-order valence-corrected chi connectivity index (χ1v) is 8.72. The standard InChI is InChI=1S/C21H24FN3O/c1-14-6-5-11-25-18(26)12-17(24-20(14)25)13-23-19(21(2,3)4)15-7-9-16(22)10-8-15/h5-12,19,23H,13H2,1-4H3. The molecule has 3 aromatic rings. The van der Waals surface area contributed by atoms with Crippen molar-refractivity contribution in [1.82, 2.24) is 14.7 Å². The monoisotopic (exact) mass is 353 g/mol. The van der Waals surface area contributed by atoms with Gasteiger partial charge in [0.05, 0.1) is 5.69 Å². The second kappa shape index (κ2) is 7.00. The molecule has 0 saturated heterocycles. The highest BCUT2D eigenvalue weighted by molar-refractivity contribution is 5.46. The molecule has 3 rings (SSSR count). The van der Waals surface area contributed by atoms with Crippen molar-refractivity contribution in [3.63, 3.8) is 0 Å².